The number of nitrogens with one attached hydrogen (secondary N) is 1. The highest BCUT2D eigenvalue weighted by molar-refractivity contribution is 9.10. The second-order valence-electron chi connectivity index (χ2n) is 4.55. The third-order valence-corrected chi connectivity index (χ3v) is 3.62. The maximum absolute atomic E-state index is 13.7. The molecule has 0 saturated carbocycles. The summed E-state index contributed by atoms with van der Waals surface area (Å²) in [6, 6.07) is 7.83. The second-order valence-corrected chi connectivity index (χ2v) is 5.47. The molecule has 2 aromatic rings. The fraction of sp³-hybridized carbons (Fsp3) is 0.133. The zero-order valence-corrected chi connectivity index (χ0v) is 12.7. The molecular weight excluding hydrogens is 323 g/mol. The molecule has 0 atom stereocenters. The van der Waals surface area contributed by atoms with Crippen molar-refractivity contribution in [3.05, 3.63) is 57.3 Å². The summed E-state index contributed by atoms with van der Waals surface area (Å²) >= 11 is 3.22. The number of aryl methyl sites for hydroxylation is 1. The van der Waals surface area contributed by atoms with E-state index in [9.17, 15) is 9.18 Å². The first-order chi connectivity index (χ1) is 9.40. The van der Waals surface area contributed by atoms with E-state index in [1.165, 1.54) is 12.1 Å². The van der Waals surface area contributed by atoms with Gasteiger partial charge in [0.2, 0.25) is 0 Å². The summed E-state index contributed by atoms with van der Waals surface area (Å²) in [5.74, 6) is -1.06. The van der Waals surface area contributed by atoms with Gasteiger partial charge >= 0.3 is 0 Å². The van der Waals surface area contributed by atoms with E-state index < -0.39 is 11.7 Å². The largest absolute Gasteiger partial charge is 0.398 e. The van der Waals surface area contributed by atoms with Crippen molar-refractivity contribution in [1.82, 2.24) is 0 Å². The Hall–Kier alpha value is -1.88. The number of amides is 1. The Morgan fingerprint density at radius 1 is 1.25 bits per heavy atom. The van der Waals surface area contributed by atoms with Crippen LogP contribution in [0, 0.1) is 19.7 Å². The summed E-state index contributed by atoms with van der Waals surface area (Å²) in [5.41, 5.74) is 8.66. The SMILES string of the molecule is Cc1ccc(N)c(C)c1NC(=O)c1cc(Br)ccc1F. The highest BCUT2D eigenvalue weighted by Crippen LogP contribution is 2.26. The van der Waals surface area contributed by atoms with E-state index in [2.05, 4.69) is 21.2 Å². The number of hydrogen-bond donors (Lipinski definition) is 2. The number of carbonyl (C=O) groups is 1. The summed E-state index contributed by atoms with van der Waals surface area (Å²) < 4.78 is 14.3. The zero-order chi connectivity index (χ0) is 14.9. The molecule has 2 rings (SSSR count). The van der Waals surface area contributed by atoms with Crippen LogP contribution in [0.3, 0.4) is 0 Å². The van der Waals surface area contributed by atoms with Crippen LogP contribution in [0.2, 0.25) is 0 Å². The number of hydrogen-bond acceptors (Lipinski definition) is 2. The van der Waals surface area contributed by atoms with Crippen LogP contribution in [-0.2, 0) is 0 Å². The summed E-state index contributed by atoms with van der Waals surface area (Å²) in [5, 5.41) is 2.72. The van der Waals surface area contributed by atoms with Crippen LogP contribution in [0.1, 0.15) is 21.5 Å². The molecule has 0 radical (unpaired) electrons. The molecule has 0 bridgehead atoms. The predicted octanol–water partition coefficient (Wildman–Crippen LogP) is 4.04. The molecule has 0 aliphatic heterocycles. The third kappa shape index (κ3) is 2.82. The topological polar surface area (TPSA) is 55.1 Å². The van der Waals surface area contributed by atoms with Crippen molar-refractivity contribution in [2.24, 2.45) is 0 Å². The number of nitrogens with two attached hydrogens (primary N) is 1. The molecule has 2 aromatic carbocycles. The van der Waals surface area contributed by atoms with E-state index in [1.807, 2.05) is 19.9 Å². The Balaban J connectivity index is 2.38. The van der Waals surface area contributed by atoms with Gasteiger partial charge in [-0.25, -0.2) is 4.39 Å². The van der Waals surface area contributed by atoms with Gasteiger partial charge in [0.25, 0.3) is 5.91 Å². The minimum atomic E-state index is -0.565. The van der Waals surface area contributed by atoms with Crippen LogP contribution in [-0.4, -0.2) is 5.91 Å². The summed E-state index contributed by atoms with van der Waals surface area (Å²) in [4.78, 5) is 12.2. The molecule has 104 valence electrons. The highest BCUT2D eigenvalue weighted by atomic mass is 79.9. The number of nitrogen functional groups attached to an aromatic ring is 1. The lowest BCUT2D eigenvalue weighted by Gasteiger charge is -2.14. The predicted molar refractivity (Wildman–Crippen MR) is 82.4 cm³/mol. The first kappa shape index (κ1) is 14.5. The quantitative estimate of drug-likeness (QED) is 0.813. The molecule has 3 N–H and O–H groups in total. The molecule has 20 heavy (non-hydrogen) atoms. The lowest BCUT2D eigenvalue weighted by molar-refractivity contribution is 0.102. The summed E-state index contributed by atoms with van der Waals surface area (Å²) in [6.45, 7) is 3.68. The second kappa shape index (κ2) is 5.63. The van der Waals surface area contributed by atoms with Crippen LogP contribution in [0.15, 0.2) is 34.8 Å². The first-order valence-corrected chi connectivity index (χ1v) is 6.81. The van der Waals surface area contributed by atoms with E-state index in [0.29, 0.717) is 15.8 Å². The molecule has 3 nitrogen and oxygen atoms in total. The van der Waals surface area contributed by atoms with Crippen molar-refractivity contribution in [2.75, 3.05) is 11.1 Å². The lowest BCUT2D eigenvalue weighted by atomic mass is 10.1. The molecule has 0 spiro atoms. The van der Waals surface area contributed by atoms with Crippen LogP contribution in [0.5, 0.6) is 0 Å². The molecule has 0 aromatic heterocycles. The Kier molecular flexibility index (Phi) is 4.09. The van der Waals surface area contributed by atoms with E-state index in [-0.39, 0.29) is 5.56 Å². The van der Waals surface area contributed by atoms with Gasteiger partial charge in [0.15, 0.2) is 0 Å². The van der Waals surface area contributed by atoms with E-state index in [4.69, 9.17) is 5.73 Å². The van der Waals surface area contributed by atoms with Crippen LogP contribution in [0.25, 0.3) is 0 Å². The monoisotopic (exact) mass is 336 g/mol. The molecular formula is C15H14BrFN2O. The number of anilines is 2. The fourth-order valence-electron chi connectivity index (χ4n) is 1.91. The smallest absolute Gasteiger partial charge is 0.258 e. The van der Waals surface area contributed by atoms with Crippen LogP contribution >= 0.6 is 15.9 Å². The molecule has 0 unspecified atom stereocenters. The van der Waals surface area contributed by atoms with Gasteiger partial charge in [0, 0.05) is 15.8 Å². The molecule has 0 aliphatic rings. The summed E-state index contributed by atoms with van der Waals surface area (Å²) in [7, 11) is 0. The van der Waals surface area contributed by atoms with Crippen molar-refractivity contribution >= 4 is 33.2 Å². The van der Waals surface area contributed by atoms with Gasteiger partial charge in [-0.3, -0.25) is 4.79 Å². The maximum Gasteiger partial charge on any atom is 0.258 e. The van der Waals surface area contributed by atoms with Crippen molar-refractivity contribution in [1.29, 1.82) is 0 Å². The minimum absolute atomic E-state index is 0.0133. The molecule has 0 aliphatic carbocycles. The number of halogens is 2. The lowest BCUT2D eigenvalue weighted by Crippen LogP contribution is -2.16. The number of benzene rings is 2. The van der Waals surface area contributed by atoms with Gasteiger partial charge in [-0.2, -0.15) is 0 Å². The Bertz CT molecular complexity index is 686. The average Bonchev–Trinajstić information content (AvgIpc) is 2.41. The summed E-state index contributed by atoms with van der Waals surface area (Å²) in [6.07, 6.45) is 0. The van der Waals surface area contributed by atoms with Crippen molar-refractivity contribution in [3.8, 4) is 0 Å². The molecule has 0 fully saturated rings. The van der Waals surface area contributed by atoms with E-state index >= 15 is 0 Å². The third-order valence-electron chi connectivity index (χ3n) is 3.13. The minimum Gasteiger partial charge on any atom is -0.398 e. The molecule has 0 saturated heterocycles. The van der Waals surface area contributed by atoms with Gasteiger partial charge < -0.3 is 11.1 Å². The molecule has 5 heteroatoms. The maximum atomic E-state index is 13.7. The van der Waals surface area contributed by atoms with E-state index in [0.717, 1.165) is 11.1 Å². The van der Waals surface area contributed by atoms with Gasteiger partial charge in [0.05, 0.1) is 5.56 Å². The van der Waals surface area contributed by atoms with Gasteiger partial charge in [-0.15, -0.1) is 0 Å². The molecule has 1 amide bonds. The van der Waals surface area contributed by atoms with Crippen LogP contribution < -0.4 is 11.1 Å². The van der Waals surface area contributed by atoms with Gasteiger partial charge in [0.1, 0.15) is 5.82 Å². The standard InChI is InChI=1S/C15H14BrFN2O/c1-8-3-6-13(18)9(2)14(8)19-15(20)11-7-10(16)4-5-12(11)17/h3-7H,18H2,1-2H3,(H,19,20). The van der Waals surface area contributed by atoms with E-state index in [1.54, 1.807) is 12.1 Å². The Labute approximate surface area is 125 Å². The number of carbonyl (C=O) groups excluding carboxylic acids is 1. The molecule has 0 heterocycles. The Morgan fingerprint density at radius 3 is 2.65 bits per heavy atom. The van der Waals surface area contributed by atoms with Crippen molar-refractivity contribution < 1.29 is 9.18 Å². The highest BCUT2D eigenvalue weighted by Gasteiger charge is 2.15. The van der Waals surface area contributed by atoms with Crippen LogP contribution in [0.4, 0.5) is 15.8 Å². The average molecular weight is 337 g/mol. The van der Waals surface area contributed by atoms with Gasteiger partial charge in [-0.1, -0.05) is 22.0 Å². The van der Waals surface area contributed by atoms with Crippen molar-refractivity contribution in [2.45, 2.75) is 13.8 Å². The zero-order valence-electron chi connectivity index (χ0n) is 11.1. The van der Waals surface area contributed by atoms with Gasteiger partial charge in [-0.05, 0) is 49.2 Å². The Morgan fingerprint density at radius 2 is 1.95 bits per heavy atom. The van der Waals surface area contributed by atoms with Crippen molar-refractivity contribution in [3.63, 3.8) is 0 Å². The fourth-order valence-corrected chi connectivity index (χ4v) is 2.27. The first-order valence-electron chi connectivity index (χ1n) is 6.02. The normalized spacial score (nSPS) is 10.4. The number of rotatable bonds is 2.